The monoisotopic (exact) mass is 368 g/mol. The lowest BCUT2D eigenvalue weighted by molar-refractivity contribution is 0.0841. The third kappa shape index (κ3) is 4.31. The van der Waals surface area contributed by atoms with Crippen molar-refractivity contribution in [3.05, 3.63) is 15.0 Å². The summed E-state index contributed by atoms with van der Waals surface area (Å²) < 4.78 is 9.43. The number of hydrogen-bond acceptors (Lipinski definition) is 2. The van der Waals surface area contributed by atoms with Gasteiger partial charge >= 0.3 is 0 Å². The SMILES string of the molecule is Cc1nc(Br)n(COCC[Si](C)(C)C)c1Br. The van der Waals surface area contributed by atoms with Crippen LogP contribution < -0.4 is 0 Å². The number of aryl methyl sites for hydroxylation is 1. The predicted molar refractivity (Wildman–Crippen MR) is 76.5 cm³/mol. The van der Waals surface area contributed by atoms with E-state index < -0.39 is 8.07 Å². The van der Waals surface area contributed by atoms with Crippen LogP contribution in [-0.4, -0.2) is 24.2 Å². The molecular formula is C10H18Br2N2OSi. The normalized spacial score (nSPS) is 12.1. The standard InChI is InChI=1S/C10H18Br2N2OSi/c1-8-9(11)14(10(12)13-8)7-15-5-6-16(2,3)4/h5-7H2,1-4H3. The quantitative estimate of drug-likeness (QED) is 0.578. The Morgan fingerprint density at radius 3 is 2.38 bits per heavy atom. The molecule has 0 fully saturated rings. The van der Waals surface area contributed by atoms with Crippen LogP contribution in [0.1, 0.15) is 5.69 Å². The van der Waals surface area contributed by atoms with E-state index in [1.54, 1.807) is 0 Å². The molecule has 1 rings (SSSR count). The number of aromatic nitrogens is 2. The van der Waals surface area contributed by atoms with Crippen molar-refractivity contribution in [1.29, 1.82) is 0 Å². The van der Waals surface area contributed by atoms with E-state index in [0.717, 1.165) is 21.6 Å². The molecule has 0 saturated carbocycles. The van der Waals surface area contributed by atoms with E-state index >= 15 is 0 Å². The summed E-state index contributed by atoms with van der Waals surface area (Å²) in [6.45, 7) is 10.4. The minimum atomic E-state index is -0.991. The highest BCUT2D eigenvalue weighted by Crippen LogP contribution is 2.21. The fourth-order valence-electron chi connectivity index (χ4n) is 1.17. The zero-order valence-corrected chi connectivity index (χ0v) is 14.4. The molecule has 1 aromatic heterocycles. The van der Waals surface area contributed by atoms with Crippen molar-refractivity contribution in [2.45, 2.75) is 39.3 Å². The number of rotatable bonds is 5. The Morgan fingerprint density at radius 2 is 1.94 bits per heavy atom. The molecule has 0 N–H and O–H groups in total. The van der Waals surface area contributed by atoms with Gasteiger partial charge < -0.3 is 4.74 Å². The van der Waals surface area contributed by atoms with Gasteiger partial charge in [-0.25, -0.2) is 4.98 Å². The van der Waals surface area contributed by atoms with Crippen molar-refractivity contribution in [2.24, 2.45) is 0 Å². The second-order valence-corrected chi connectivity index (χ2v) is 12.1. The van der Waals surface area contributed by atoms with Crippen LogP contribution in [0.3, 0.4) is 0 Å². The van der Waals surface area contributed by atoms with E-state index in [1.165, 1.54) is 6.04 Å². The molecule has 0 amide bonds. The summed E-state index contributed by atoms with van der Waals surface area (Å²) in [6, 6.07) is 1.19. The molecule has 0 aromatic carbocycles. The average molecular weight is 370 g/mol. The summed E-state index contributed by atoms with van der Waals surface area (Å²) in [4.78, 5) is 4.30. The number of ether oxygens (including phenoxy) is 1. The van der Waals surface area contributed by atoms with Crippen molar-refractivity contribution in [2.75, 3.05) is 6.61 Å². The van der Waals surface area contributed by atoms with Gasteiger partial charge in [-0.1, -0.05) is 19.6 Å². The van der Waals surface area contributed by atoms with Gasteiger partial charge in [0.25, 0.3) is 0 Å². The van der Waals surface area contributed by atoms with Gasteiger partial charge in [0, 0.05) is 14.7 Å². The van der Waals surface area contributed by atoms with E-state index in [1.807, 2.05) is 11.5 Å². The fourth-order valence-corrected chi connectivity index (χ4v) is 3.06. The first-order valence-corrected chi connectivity index (χ1v) is 10.6. The molecule has 6 heteroatoms. The molecular weight excluding hydrogens is 352 g/mol. The van der Waals surface area contributed by atoms with Crippen LogP contribution in [-0.2, 0) is 11.5 Å². The molecule has 0 spiro atoms. The maximum absolute atomic E-state index is 5.67. The zero-order chi connectivity index (χ0) is 12.3. The van der Waals surface area contributed by atoms with Gasteiger partial charge in [-0.2, -0.15) is 0 Å². The first-order chi connectivity index (χ1) is 7.31. The highest BCUT2D eigenvalue weighted by Gasteiger charge is 2.13. The summed E-state index contributed by atoms with van der Waals surface area (Å²) in [5.41, 5.74) is 0.973. The molecule has 0 atom stereocenters. The third-order valence-corrected chi connectivity index (χ3v) is 5.55. The predicted octanol–water partition coefficient (Wildman–Crippen LogP) is 4.03. The molecule has 92 valence electrons. The summed E-state index contributed by atoms with van der Waals surface area (Å²) >= 11 is 6.90. The molecule has 0 saturated heterocycles. The van der Waals surface area contributed by atoms with Crippen LogP contribution in [0.2, 0.25) is 25.7 Å². The van der Waals surface area contributed by atoms with Crippen molar-refractivity contribution >= 4 is 39.9 Å². The van der Waals surface area contributed by atoms with Gasteiger partial charge in [0.2, 0.25) is 0 Å². The van der Waals surface area contributed by atoms with Crippen molar-refractivity contribution in [3.63, 3.8) is 0 Å². The second-order valence-electron chi connectivity index (χ2n) is 5.03. The topological polar surface area (TPSA) is 27.1 Å². The van der Waals surface area contributed by atoms with E-state index in [9.17, 15) is 0 Å². The van der Waals surface area contributed by atoms with Gasteiger partial charge in [-0.15, -0.1) is 0 Å². The molecule has 0 bridgehead atoms. The molecule has 0 radical (unpaired) electrons. The molecule has 0 aliphatic rings. The zero-order valence-electron chi connectivity index (χ0n) is 10.2. The van der Waals surface area contributed by atoms with Gasteiger partial charge in [0.05, 0.1) is 5.69 Å². The Labute approximate surface area is 115 Å². The van der Waals surface area contributed by atoms with Crippen LogP contribution in [0.25, 0.3) is 0 Å². The van der Waals surface area contributed by atoms with Crippen molar-refractivity contribution in [3.8, 4) is 0 Å². The summed E-state index contributed by atoms with van der Waals surface area (Å²) in [5, 5.41) is 0. The first kappa shape index (κ1) is 14.4. The maximum atomic E-state index is 5.67. The summed E-state index contributed by atoms with van der Waals surface area (Å²) in [7, 11) is -0.991. The number of imidazole rings is 1. The summed E-state index contributed by atoms with van der Waals surface area (Å²) in [5.74, 6) is 0. The maximum Gasteiger partial charge on any atom is 0.180 e. The molecule has 0 unspecified atom stereocenters. The van der Waals surface area contributed by atoms with Crippen molar-refractivity contribution in [1.82, 2.24) is 9.55 Å². The molecule has 3 nitrogen and oxygen atoms in total. The van der Waals surface area contributed by atoms with Crippen LogP contribution in [0.4, 0.5) is 0 Å². The fraction of sp³-hybridized carbons (Fsp3) is 0.700. The largest absolute Gasteiger partial charge is 0.361 e. The Kier molecular flexibility index (Phi) is 5.22. The minimum Gasteiger partial charge on any atom is -0.361 e. The van der Waals surface area contributed by atoms with E-state index in [2.05, 4.69) is 56.5 Å². The van der Waals surface area contributed by atoms with E-state index in [0.29, 0.717) is 6.73 Å². The smallest absolute Gasteiger partial charge is 0.180 e. The van der Waals surface area contributed by atoms with E-state index in [-0.39, 0.29) is 0 Å². The van der Waals surface area contributed by atoms with Gasteiger partial charge in [0.15, 0.2) is 4.73 Å². The lowest BCUT2D eigenvalue weighted by Crippen LogP contribution is -2.22. The Balaban J connectivity index is 2.43. The average Bonchev–Trinajstić information content (AvgIpc) is 2.36. The molecule has 0 aliphatic carbocycles. The highest BCUT2D eigenvalue weighted by molar-refractivity contribution is 9.11. The summed E-state index contributed by atoms with van der Waals surface area (Å²) in [6.07, 6.45) is 0. The minimum absolute atomic E-state index is 0.548. The van der Waals surface area contributed by atoms with Crippen LogP contribution >= 0.6 is 31.9 Å². The molecule has 16 heavy (non-hydrogen) atoms. The number of hydrogen-bond donors (Lipinski definition) is 0. The molecule has 1 aromatic rings. The van der Waals surface area contributed by atoms with Crippen molar-refractivity contribution < 1.29 is 4.74 Å². The van der Waals surface area contributed by atoms with Crippen LogP contribution in [0, 0.1) is 6.92 Å². The Morgan fingerprint density at radius 1 is 1.31 bits per heavy atom. The Hall–Kier alpha value is 0.347. The number of nitrogens with zero attached hydrogens (tertiary/aromatic N) is 2. The van der Waals surface area contributed by atoms with Gasteiger partial charge in [-0.3, -0.25) is 4.57 Å². The lowest BCUT2D eigenvalue weighted by atomic mass is 10.6. The second kappa shape index (κ2) is 5.80. The Bertz CT molecular complexity index is 360. The number of halogens is 2. The van der Waals surface area contributed by atoms with Crippen LogP contribution in [0.5, 0.6) is 0 Å². The first-order valence-electron chi connectivity index (χ1n) is 5.27. The third-order valence-electron chi connectivity index (χ3n) is 2.24. The van der Waals surface area contributed by atoms with Gasteiger partial charge in [0.1, 0.15) is 11.3 Å². The van der Waals surface area contributed by atoms with E-state index in [4.69, 9.17) is 4.74 Å². The van der Waals surface area contributed by atoms with Gasteiger partial charge in [-0.05, 0) is 44.8 Å². The molecule has 0 aliphatic heterocycles. The highest BCUT2D eigenvalue weighted by atomic mass is 79.9. The van der Waals surface area contributed by atoms with Crippen LogP contribution in [0.15, 0.2) is 9.34 Å². The molecule has 1 heterocycles. The lowest BCUT2D eigenvalue weighted by Gasteiger charge is -2.15.